The van der Waals surface area contributed by atoms with Crippen molar-refractivity contribution in [2.24, 2.45) is 0 Å². The first-order valence-corrected chi connectivity index (χ1v) is 9.05. The van der Waals surface area contributed by atoms with Gasteiger partial charge in [0.1, 0.15) is 18.0 Å². The number of amides is 1. The first-order chi connectivity index (χ1) is 11.7. The number of morpholine rings is 1. The summed E-state index contributed by atoms with van der Waals surface area (Å²) in [5.74, 6) is 1.46. The highest BCUT2D eigenvalue weighted by atomic mass is 32.1. The van der Waals surface area contributed by atoms with Crippen LogP contribution in [-0.4, -0.2) is 52.3 Å². The molecule has 128 valence electrons. The van der Waals surface area contributed by atoms with Crippen LogP contribution < -0.4 is 0 Å². The monoisotopic (exact) mass is 348 g/mol. The Morgan fingerprint density at radius 2 is 2.38 bits per heavy atom. The molecule has 0 aromatic carbocycles. The third kappa shape index (κ3) is 3.09. The van der Waals surface area contributed by atoms with Crippen LogP contribution >= 0.6 is 11.3 Å². The summed E-state index contributed by atoms with van der Waals surface area (Å²) in [7, 11) is 0. The molecule has 1 N–H and O–H groups in total. The molecule has 1 amide bonds. The second-order valence-electron chi connectivity index (χ2n) is 6.10. The fourth-order valence-electron chi connectivity index (χ4n) is 3.20. The van der Waals surface area contributed by atoms with E-state index in [2.05, 4.69) is 26.6 Å². The van der Waals surface area contributed by atoms with Crippen molar-refractivity contribution in [3.8, 4) is 0 Å². The molecule has 2 aromatic heterocycles. The fourth-order valence-corrected chi connectivity index (χ4v) is 4.20. The highest BCUT2D eigenvalue weighted by Crippen LogP contribution is 2.34. The summed E-state index contributed by atoms with van der Waals surface area (Å²) < 4.78 is 11.6. The van der Waals surface area contributed by atoms with Gasteiger partial charge in [0.05, 0.1) is 26.2 Å². The van der Waals surface area contributed by atoms with Crippen LogP contribution in [0.2, 0.25) is 0 Å². The van der Waals surface area contributed by atoms with E-state index >= 15 is 0 Å². The number of carbonyl (C=O) groups is 1. The Morgan fingerprint density at radius 1 is 1.46 bits per heavy atom. The summed E-state index contributed by atoms with van der Waals surface area (Å²) in [4.78, 5) is 20.1. The molecule has 0 saturated carbocycles. The SMILES string of the molecule is Cc1nc([C@@H]2CN(C(=O)C[C@@H]3OCCc4ccsc43)CCO2)n[nH]1. The van der Waals surface area contributed by atoms with E-state index < -0.39 is 0 Å². The van der Waals surface area contributed by atoms with Gasteiger partial charge in [-0.15, -0.1) is 11.3 Å². The van der Waals surface area contributed by atoms with E-state index in [1.165, 1.54) is 10.4 Å². The number of nitrogens with zero attached hydrogens (tertiary/aromatic N) is 3. The summed E-state index contributed by atoms with van der Waals surface area (Å²) in [5.41, 5.74) is 1.32. The molecular formula is C16H20N4O3S. The predicted octanol–water partition coefficient (Wildman–Crippen LogP) is 1.78. The highest BCUT2D eigenvalue weighted by molar-refractivity contribution is 7.10. The maximum Gasteiger partial charge on any atom is 0.225 e. The van der Waals surface area contributed by atoms with Gasteiger partial charge >= 0.3 is 0 Å². The lowest BCUT2D eigenvalue weighted by Crippen LogP contribution is -2.43. The molecule has 0 bridgehead atoms. The lowest BCUT2D eigenvalue weighted by atomic mass is 10.0. The van der Waals surface area contributed by atoms with Crippen LogP contribution in [0.1, 0.15) is 40.7 Å². The molecule has 7 nitrogen and oxygen atoms in total. The van der Waals surface area contributed by atoms with Gasteiger partial charge in [-0.1, -0.05) is 0 Å². The van der Waals surface area contributed by atoms with Crippen LogP contribution in [0, 0.1) is 6.92 Å². The van der Waals surface area contributed by atoms with Gasteiger partial charge in [-0.3, -0.25) is 9.89 Å². The minimum Gasteiger partial charge on any atom is -0.372 e. The molecule has 0 aliphatic carbocycles. The highest BCUT2D eigenvalue weighted by Gasteiger charge is 2.31. The molecule has 0 radical (unpaired) electrons. The van der Waals surface area contributed by atoms with E-state index in [0.29, 0.717) is 38.5 Å². The van der Waals surface area contributed by atoms with Gasteiger partial charge in [0, 0.05) is 11.4 Å². The van der Waals surface area contributed by atoms with E-state index in [1.807, 2.05) is 11.8 Å². The number of H-pyrrole nitrogens is 1. The Labute approximate surface area is 144 Å². The van der Waals surface area contributed by atoms with E-state index in [0.717, 1.165) is 12.2 Å². The smallest absolute Gasteiger partial charge is 0.225 e. The molecular weight excluding hydrogens is 328 g/mol. The van der Waals surface area contributed by atoms with Crippen molar-refractivity contribution in [3.63, 3.8) is 0 Å². The quantitative estimate of drug-likeness (QED) is 0.914. The Bertz CT molecular complexity index is 728. The number of rotatable bonds is 3. The summed E-state index contributed by atoms with van der Waals surface area (Å²) in [6.07, 6.45) is 0.936. The van der Waals surface area contributed by atoms with Crippen LogP contribution in [-0.2, 0) is 20.7 Å². The fraction of sp³-hybridized carbons (Fsp3) is 0.562. The van der Waals surface area contributed by atoms with Crippen molar-refractivity contribution in [1.82, 2.24) is 20.1 Å². The van der Waals surface area contributed by atoms with E-state index in [4.69, 9.17) is 9.47 Å². The Morgan fingerprint density at radius 3 is 3.21 bits per heavy atom. The molecule has 1 saturated heterocycles. The molecule has 8 heteroatoms. The molecule has 2 aliphatic rings. The molecule has 2 aliphatic heterocycles. The van der Waals surface area contributed by atoms with Gasteiger partial charge in [0.15, 0.2) is 5.82 Å². The van der Waals surface area contributed by atoms with Crippen molar-refractivity contribution in [2.45, 2.75) is 32.0 Å². The van der Waals surface area contributed by atoms with Gasteiger partial charge < -0.3 is 14.4 Å². The number of thiophene rings is 1. The second-order valence-corrected chi connectivity index (χ2v) is 7.05. The lowest BCUT2D eigenvalue weighted by Gasteiger charge is -2.33. The number of hydrogen-bond donors (Lipinski definition) is 1. The van der Waals surface area contributed by atoms with Crippen molar-refractivity contribution >= 4 is 17.2 Å². The third-order valence-electron chi connectivity index (χ3n) is 4.45. The van der Waals surface area contributed by atoms with Crippen molar-refractivity contribution in [3.05, 3.63) is 33.5 Å². The third-order valence-corrected chi connectivity index (χ3v) is 5.50. The van der Waals surface area contributed by atoms with Gasteiger partial charge in [-0.2, -0.15) is 5.10 Å². The summed E-state index contributed by atoms with van der Waals surface area (Å²) in [6, 6.07) is 2.14. The van der Waals surface area contributed by atoms with Crippen LogP contribution in [0.5, 0.6) is 0 Å². The van der Waals surface area contributed by atoms with E-state index in [1.54, 1.807) is 11.3 Å². The van der Waals surface area contributed by atoms with E-state index in [9.17, 15) is 4.79 Å². The molecule has 4 heterocycles. The molecule has 2 atom stereocenters. The van der Waals surface area contributed by atoms with Gasteiger partial charge in [0.2, 0.25) is 5.91 Å². The van der Waals surface area contributed by atoms with Crippen LogP contribution in [0.15, 0.2) is 11.4 Å². The Hall–Kier alpha value is -1.77. The number of aromatic nitrogens is 3. The van der Waals surface area contributed by atoms with Crippen LogP contribution in [0.25, 0.3) is 0 Å². The summed E-state index contributed by atoms with van der Waals surface area (Å²) in [6.45, 7) is 4.12. The molecule has 24 heavy (non-hydrogen) atoms. The molecule has 2 aromatic rings. The average Bonchev–Trinajstić information content (AvgIpc) is 3.24. The maximum absolute atomic E-state index is 12.7. The zero-order valence-corrected chi connectivity index (χ0v) is 14.3. The van der Waals surface area contributed by atoms with Crippen molar-refractivity contribution in [1.29, 1.82) is 0 Å². The normalized spacial score (nSPS) is 24.0. The number of hydrogen-bond acceptors (Lipinski definition) is 6. The minimum atomic E-state index is -0.266. The topological polar surface area (TPSA) is 80.3 Å². The zero-order valence-electron chi connectivity index (χ0n) is 13.5. The van der Waals surface area contributed by atoms with Crippen molar-refractivity contribution < 1.29 is 14.3 Å². The molecule has 0 unspecified atom stereocenters. The van der Waals surface area contributed by atoms with Crippen LogP contribution in [0.4, 0.5) is 0 Å². The average molecular weight is 348 g/mol. The minimum absolute atomic E-state index is 0.0989. The number of fused-ring (bicyclic) bond motifs is 1. The van der Waals surface area contributed by atoms with Crippen LogP contribution in [0.3, 0.4) is 0 Å². The number of nitrogens with one attached hydrogen (secondary N) is 1. The second kappa shape index (κ2) is 6.62. The standard InChI is InChI=1S/C16H20N4O3S/c1-10-17-16(19-18-10)13-9-20(4-6-23-13)14(21)8-12-15-11(2-5-22-12)3-7-24-15/h3,7,12-13H,2,4-6,8-9H2,1H3,(H,17,18,19)/t12-,13-/m0/s1. The summed E-state index contributed by atoms with van der Waals surface area (Å²) >= 11 is 1.68. The van der Waals surface area contributed by atoms with Gasteiger partial charge in [0.25, 0.3) is 0 Å². The first-order valence-electron chi connectivity index (χ1n) is 8.17. The summed E-state index contributed by atoms with van der Waals surface area (Å²) in [5, 5.41) is 9.05. The predicted molar refractivity (Wildman–Crippen MR) is 87.7 cm³/mol. The van der Waals surface area contributed by atoms with Crippen molar-refractivity contribution in [2.75, 3.05) is 26.3 Å². The lowest BCUT2D eigenvalue weighted by molar-refractivity contribution is -0.142. The zero-order chi connectivity index (χ0) is 16.5. The van der Waals surface area contributed by atoms with E-state index in [-0.39, 0.29) is 18.1 Å². The van der Waals surface area contributed by atoms with Gasteiger partial charge in [-0.05, 0) is 30.4 Å². The maximum atomic E-state index is 12.7. The number of aromatic amines is 1. The Kier molecular flexibility index (Phi) is 4.34. The first kappa shape index (κ1) is 15.7. The molecule has 4 rings (SSSR count). The number of carbonyl (C=O) groups excluding carboxylic acids is 1. The number of ether oxygens (including phenoxy) is 2. The molecule has 1 fully saturated rings. The molecule has 0 spiro atoms. The number of aryl methyl sites for hydroxylation is 1. The Balaban J connectivity index is 1.42. The van der Waals surface area contributed by atoms with Gasteiger partial charge in [-0.25, -0.2) is 4.98 Å². The largest absolute Gasteiger partial charge is 0.372 e.